The lowest BCUT2D eigenvalue weighted by molar-refractivity contribution is 0.0706. The summed E-state index contributed by atoms with van der Waals surface area (Å²) in [4.78, 5) is 13.9. The summed E-state index contributed by atoms with van der Waals surface area (Å²) in [6.45, 7) is 4.18. The second-order valence-corrected chi connectivity index (χ2v) is 6.18. The van der Waals surface area contributed by atoms with Crippen molar-refractivity contribution in [2.45, 2.75) is 26.1 Å². The second-order valence-electron chi connectivity index (χ2n) is 6.18. The molecule has 6 nitrogen and oxygen atoms in total. The first-order valence-corrected chi connectivity index (χ1v) is 8.18. The van der Waals surface area contributed by atoms with Gasteiger partial charge >= 0.3 is 0 Å². The van der Waals surface area contributed by atoms with Gasteiger partial charge in [-0.25, -0.2) is 5.48 Å². The summed E-state index contributed by atoms with van der Waals surface area (Å²) >= 11 is 0. The lowest BCUT2D eigenvalue weighted by Crippen LogP contribution is -2.34. The van der Waals surface area contributed by atoms with Crippen molar-refractivity contribution in [3.8, 4) is 11.5 Å². The molecule has 0 saturated heterocycles. The number of hydroxylamine groups is 1. The van der Waals surface area contributed by atoms with E-state index in [1.807, 2.05) is 18.2 Å². The van der Waals surface area contributed by atoms with Gasteiger partial charge in [0.15, 0.2) is 0 Å². The highest BCUT2D eigenvalue weighted by molar-refractivity contribution is 5.93. The number of nitrogens with zero attached hydrogens (tertiary/aromatic N) is 1. The van der Waals surface area contributed by atoms with Crippen LogP contribution in [-0.4, -0.2) is 35.8 Å². The fourth-order valence-corrected chi connectivity index (χ4v) is 2.89. The number of rotatable bonds is 4. The van der Waals surface area contributed by atoms with Crippen LogP contribution in [0, 0.1) is 0 Å². The molecule has 0 fully saturated rings. The van der Waals surface area contributed by atoms with Crippen LogP contribution in [0.2, 0.25) is 0 Å². The first-order valence-electron chi connectivity index (χ1n) is 8.18. The summed E-state index contributed by atoms with van der Waals surface area (Å²) in [7, 11) is 1.66. The van der Waals surface area contributed by atoms with Gasteiger partial charge in [0.1, 0.15) is 18.1 Å². The Bertz CT molecular complexity index is 746. The van der Waals surface area contributed by atoms with Gasteiger partial charge in [-0.1, -0.05) is 18.2 Å². The van der Waals surface area contributed by atoms with Crippen molar-refractivity contribution in [2.24, 2.45) is 0 Å². The van der Waals surface area contributed by atoms with Gasteiger partial charge in [-0.15, -0.1) is 0 Å². The Morgan fingerprint density at radius 2 is 2.08 bits per heavy atom. The van der Waals surface area contributed by atoms with Crippen LogP contribution < -0.4 is 15.0 Å². The van der Waals surface area contributed by atoms with Crippen molar-refractivity contribution in [3.05, 3.63) is 59.2 Å². The molecule has 0 aromatic heterocycles. The van der Waals surface area contributed by atoms with E-state index in [0.29, 0.717) is 17.9 Å². The number of hydrogen-bond donors (Lipinski definition) is 2. The van der Waals surface area contributed by atoms with E-state index in [2.05, 4.69) is 24.0 Å². The van der Waals surface area contributed by atoms with Crippen molar-refractivity contribution in [2.75, 3.05) is 13.7 Å². The zero-order valence-corrected chi connectivity index (χ0v) is 14.4. The summed E-state index contributed by atoms with van der Waals surface area (Å²) < 4.78 is 11.1. The maximum atomic E-state index is 11.6. The molecule has 132 valence electrons. The summed E-state index contributed by atoms with van der Waals surface area (Å²) in [6, 6.07) is 13.5. The van der Waals surface area contributed by atoms with Crippen LogP contribution in [0.25, 0.3) is 0 Å². The standard InChI is InChI=1S/C19H22N2O4/c1-13-12-25-18-9-15(19(22)20-23)5-6-16(18)11-21(13)10-14-3-7-17(24-2)8-4-14/h3-9,13,23H,10-12H2,1-2H3,(H,20,22). The number of nitrogens with one attached hydrogen (secondary N) is 1. The SMILES string of the molecule is COc1ccc(CN2Cc3ccc(C(=O)NO)cc3OCC2C)cc1. The lowest BCUT2D eigenvalue weighted by Gasteiger charge is -2.26. The average molecular weight is 342 g/mol. The minimum atomic E-state index is -0.543. The number of amides is 1. The maximum absolute atomic E-state index is 11.6. The van der Waals surface area contributed by atoms with Gasteiger partial charge in [-0.3, -0.25) is 14.9 Å². The molecule has 1 amide bonds. The number of fused-ring (bicyclic) bond motifs is 1. The molecular formula is C19H22N2O4. The monoisotopic (exact) mass is 342 g/mol. The zero-order valence-electron chi connectivity index (χ0n) is 14.4. The van der Waals surface area contributed by atoms with Crippen LogP contribution in [0.15, 0.2) is 42.5 Å². The molecule has 0 bridgehead atoms. The third-order valence-corrected chi connectivity index (χ3v) is 4.45. The fraction of sp³-hybridized carbons (Fsp3) is 0.316. The smallest absolute Gasteiger partial charge is 0.274 e. The number of benzene rings is 2. The molecule has 3 rings (SSSR count). The van der Waals surface area contributed by atoms with Gasteiger partial charge in [0.05, 0.1) is 7.11 Å². The molecule has 1 aliphatic rings. The molecular weight excluding hydrogens is 320 g/mol. The highest BCUT2D eigenvalue weighted by Crippen LogP contribution is 2.27. The van der Waals surface area contributed by atoms with E-state index < -0.39 is 5.91 Å². The third-order valence-electron chi connectivity index (χ3n) is 4.45. The Morgan fingerprint density at radius 3 is 2.76 bits per heavy atom. The molecule has 0 spiro atoms. The van der Waals surface area contributed by atoms with Crippen molar-refractivity contribution < 1.29 is 19.5 Å². The van der Waals surface area contributed by atoms with Crippen LogP contribution in [-0.2, 0) is 13.1 Å². The van der Waals surface area contributed by atoms with E-state index in [1.54, 1.807) is 24.7 Å². The Labute approximate surface area is 146 Å². The molecule has 1 unspecified atom stereocenters. The van der Waals surface area contributed by atoms with Crippen LogP contribution in [0.3, 0.4) is 0 Å². The van der Waals surface area contributed by atoms with Crippen LogP contribution in [0.4, 0.5) is 0 Å². The molecule has 0 saturated carbocycles. The number of hydrogen-bond acceptors (Lipinski definition) is 5. The highest BCUT2D eigenvalue weighted by Gasteiger charge is 2.22. The Balaban J connectivity index is 1.78. The fourth-order valence-electron chi connectivity index (χ4n) is 2.89. The minimum Gasteiger partial charge on any atom is -0.497 e. The molecule has 0 aliphatic carbocycles. The summed E-state index contributed by atoms with van der Waals surface area (Å²) in [6.07, 6.45) is 0. The molecule has 1 aliphatic heterocycles. The number of carbonyl (C=O) groups is 1. The van der Waals surface area contributed by atoms with Crippen LogP contribution >= 0.6 is 0 Å². The molecule has 25 heavy (non-hydrogen) atoms. The predicted molar refractivity (Wildman–Crippen MR) is 92.9 cm³/mol. The maximum Gasteiger partial charge on any atom is 0.274 e. The second kappa shape index (κ2) is 7.55. The third kappa shape index (κ3) is 3.92. The normalized spacial score (nSPS) is 17.2. The van der Waals surface area contributed by atoms with E-state index in [4.69, 9.17) is 14.7 Å². The molecule has 2 aromatic carbocycles. The van der Waals surface area contributed by atoms with Crippen molar-refractivity contribution >= 4 is 5.91 Å². The van der Waals surface area contributed by atoms with Crippen molar-refractivity contribution in [1.82, 2.24) is 10.4 Å². The van der Waals surface area contributed by atoms with Crippen LogP contribution in [0.1, 0.15) is 28.4 Å². The summed E-state index contributed by atoms with van der Waals surface area (Å²) in [5, 5.41) is 8.78. The van der Waals surface area contributed by atoms with E-state index in [9.17, 15) is 4.79 Å². The quantitative estimate of drug-likeness (QED) is 0.660. The molecule has 2 aromatic rings. The average Bonchev–Trinajstić information content (AvgIpc) is 2.80. The van der Waals surface area contributed by atoms with Gasteiger partial charge in [0.25, 0.3) is 5.91 Å². The van der Waals surface area contributed by atoms with Gasteiger partial charge in [0.2, 0.25) is 0 Å². The first-order chi connectivity index (χ1) is 12.1. The molecule has 1 heterocycles. The first kappa shape index (κ1) is 17.3. The topological polar surface area (TPSA) is 71.0 Å². The lowest BCUT2D eigenvalue weighted by atomic mass is 10.1. The van der Waals surface area contributed by atoms with Gasteiger partial charge in [-0.2, -0.15) is 0 Å². The van der Waals surface area contributed by atoms with Gasteiger partial charge in [-0.05, 0) is 36.8 Å². The molecule has 2 N–H and O–H groups in total. The number of ether oxygens (including phenoxy) is 2. The molecule has 6 heteroatoms. The van der Waals surface area contributed by atoms with E-state index >= 15 is 0 Å². The number of carbonyl (C=O) groups excluding carboxylic acids is 1. The minimum absolute atomic E-state index is 0.227. The van der Waals surface area contributed by atoms with E-state index in [0.717, 1.165) is 24.4 Å². The Kier molecular flexibility index (Phi) is 5.21. The summed E-state index contributed by atoms with van der Waals surface area (Å²) in [5.74, 6) is 0.986. The summed E-state index contributed by atoms with van der Waals surface area (Å²) in [5.41, 5.74) is 4.24. The van der Waals surface area contributed by atoms with Gasteiger partial charge < -0.3 is 9.47 Å². The predicted octanol–water partition coefficient (Wildman–Crippen LogP) is 2.60. The Morgan fingerprint density at radius 1 is 1.32 bits per heavy atom. The molecule has 0 radical (unpaired) electrons. The van der Waals surface area contributed by atoms with Crippen LogP contribution in [0.5, 0.6) is 11.5 Å². The van der Waals surface area contributed by atoms with Crippen molar-refractivity contribution in [3.63, 3.8) is 0 Å². The largest absolute Gasteiger partial charge is 0.497 e. The van der Waals surface area contributed by atoms with Gasteiger partial charge in [0, 0.05) is 30.3 Å². The van der Waals surface area contributed by atoms with Crippen molar-refractivity contribution in [1.29, 1.82) is 0 Å². The Hall–Kier alpha value is -2.57. The number of methoxy groups -OCH3 is 1. The molecule has 1 atom stereocenters. The van der Waals surface area contributed by atoms with E-state index in [-0.39, 0.29) is 6.04 Å². The van der Waals surface area contributed by atoms with E-state index in [1.165, 1.54) is 5.56 Å². The zero-order chi connectivity index (χ0) is 17.8. The highest BCUT2D eigenvalue weighted by atomic mass is 16.5.